The molecule has 3 nitrogen and oxygen atoms in total. The SMILES string of the molecule is N#CCS(=O)c1cc(N)ccc1Cl. The lowest BCUT2D eigenvalue weighted by Crippen LogP contribution is -1.97. The van der Waals surface area contributed by atoms with Gasteiger partial charge in [-0.15, -0.1) is 0 Å². The van der Waals surface area contributed by atoms with E-state index in [1.165, 1.54) is 6.07 Å². The molecule has 68 valence electrons. The van der Waals surface area contributed by atoms with Crippen LogP contribution in [0.3, 0.4) is 0 Å². The molecule has 0 saturated heterocycles. The Morgan fingerprint density at radius 2 is 2.31 bits per heavy atom. The van der Waals surface area contributed by atoms with Gasteiger partial charge in [-0.25, -0.2) is 0 Å². The molecule has 1 aromatic rings. The first kappa shape index (κ1) is 10.0. The molecule has 0 fully saturated rings. The van der Waals surface area contributed by atoms with Gasteiger partial charge in [-0.05, 0) is 18.2 Å². The molecule has 0 saturated carbocycles. The molecular weight excluding hydrogens is 208 g/mol. The molecule has 1 rings (SSSR count). The molecule has 0 amide bonds. The van der Waals surface area contributed by atoms with Gasteiger partial charge >= 0.3 is 0 Å². The quantitative estimate of drug-likeness (QED) is 0.760. The van der Waals surface area contributed by atoms with Crippen LogP contribution < -0.4 is 5.73 Å². The minimum atomic E-state index is -1.38. The van der Waals surface area contributed by atoms with E-state index < -0.39 is 10.8 Å². The largest absolute Gasteiger partial charge is 0.399 e. The zero-order chi connectivity index (χ0) is 9.84. The molecule has 13 heavy (non-hydrogen) atoms. The number of nitrogen functional groups attached to an aromatic ring is 1. The van der Waals surface area contributed by atoms with Crippen LogP contribution in [-0.2, 0) is 10.8 Å². The van der Waals surface area contributed by atoms with Gasteiger partial charge in [0, 0.05) is 5.69 Å². The summed E-state index contributed by atoms with van der Waals surface area (Å²) in [5.41, 5.74) is 5.98. The first-order chi connectivity index (χ1) is 6.15. The van der Waals surface area contributed by atoms with E-state index in [0.717, 1.165) is 0 Å². The maximum absolute atomic E-state index is 11.4. The molecule has 0 aliphatic rings. The number of benzene rings is 1. The van der Waals surface area contributed by atoms with Gasteiger partial charge in [-0.2, -0.15) is 5.26 Å². The van der Waals surface area contributed by atoms with Crippen molar-refractivity contribution in [2.75, 3.05) is 11.5 Å². The van der Waals surface area contributed by atoms with Crippen LogP contribution in [0.1, 0.15) is 0 Å². The second-order valence-corrected chi connectivity index (χ2v) is 4.16. The van der Waals surface area contributed by atoms with Crippen LogP contribution in [0.5, 0.6) is 0 Å². The van der Waals surface area contributed by atoms with E-state index in [1.54, 1.807) is 12.1 Å². The summed E-state index contributed by atoms with van der Waals surface area (Å²) < 4.78 is 11.4. The Morgan fingerprint density at radius 1 is 1.62 bits per heavy atom. The summed E-state index contributed by atoms with van der Waals surface area (Å²) in [5, 5.41) is 8.72. The normalized spacial score (nSPS) is 12.0. The molecule has 5 heteroatoms. The van der Waals surface area contributed by atoms with Gasteiger partial charge in [0.2, 0.25) is 0 Å². The minimum Gasteiger partial charge on any atom is -0.399 e. The lowest BCUT2D eigenvalue weighted by atomic mass is 10.3. The average Bonchev–Trinajstić information content (AvgIpc) is 2.09. The Hall–Kier alpha value is -1.05. The van der Waals surface area contributed by atoms with Crippen LogP contribution in [0.15, 0.2) is 23.1 Å². The Labute approximate surface area is 83.6 Å². The molecular formula is C8H7ClN2OS. The monoisotopic (exact) mass is 214 g/mol. The fourth-order valence-electron chi connectivity index (χ4n) is 0.831. The summed E-state index contributed by atoms with van der Waals surface area (Å²) in [5.74, 6) is -0.0663. The molecule has 0 heterocycles. The third-order valence-electron chi connectivity index (χ3n) is 1.40. The third kappa shape index (κ3) is 2.44. The smallest absolute Gasteiger partial charge is 0.115 e. The van der Waals surface area contributed by atoms with Crippen molar-refractivity contribution in [3.8, 4) is 6.07 Å². The van der Waals surface area contributed by atoms with E-state index in [2.05, 4.69) is 0 Å². The van der Waals surface area contributed by atoms with Gasteiger partial charge < -0.3 is 5.73 Å². The summed E-state index contributed by atoms with van der Waals surface area (Å²) in [6.45, 7) is 0. The molecule has 0 aliphatic heterocycles. The van der Waals surface area contributed by atoms with Crippen LogP contribution in [0.4, 0.5) is 5.69 Å². The standard InChI is InChI=1S/C8H7ClN2OS/c9-7-2-1-6(11)5-8(7)13(12)4-3-10/h1-2,5H,4,11H2. The summed E-state index contributed by atoms with van der Waals surface area (Å²) >= 11 is 5.77. The fraction of sp³-hybridized carbons (Fsp3) is 0.125. The van der Waals surface area contributed by atoms with Gasteiger partial charge in [0.15, 0.2) is 0 Å². The van der Waals surface area contributed by atoms with Gasteiger partial charge in [0.1, 0.15) is 5.75 Å². The molecule has 2 N–H and O–H groups in total. The molecule has 0 radical (unpaired) electrons. The van der Waals surface area contributed by atoms with Crippen LogP contribution in [-0.4, -0.2) is 9.96 Å². The number of halogens is 1. The predicted molar refractivity (Wildman–Crippen MR) is 52.8 cm³/mol. The van der Waals surface area contributed by atoms with Crippen molar-refractivity contribution in [3.05, 3.63) is 23.2 Å². The number of nitriles is 1. The van der Waals surface area contributed by atoms with Gasteiger partial charge in [0.25, 0.3) is 0 Å². The Balaban J connectivity index is 3.07. The van der Waals surface area contributed by atoms with Crippen molar-refractivity contribution in [1.82, 2.24) is 0 Å². The van der Waals surface area contributed by atoms with E-state index in [1.807, 2.05) is 6.07 Å². The van der Waals surface area contributed by atoms with E-state index in [4.69, 9.17) is 22.6 Å². The van der Waals surface area contributed by atoms with Crippen molar-refractivity contribution >= 4 is 28.1 Å². The Kier molecular flexibility index (Phi) is 3.29. The van der Waals surface area contributed by atoms with E-state index in [-0.39, 0.29) is 5.75 Å². The number of rotatable bonds is 2. The van der Waals surface area contributed by atoms with Gasteiger partial charge in [-0.1, -0.05) is 11.6 Å². The third-order valence-corrected chi connectivity index (χ3v) is 3.06. The maximum atomic E-state index is 11.4. The second kappa shape index (κ2) is 4.26. The first-order valence-corrected chi connectivity index (χ1v) is 5.15. The van der Waals surface area contributed by atoms with Crippen molar-refractivity contribution in [2.24, 2.45) is 0 Å². The summed E-state index contributed by atoms with van der Waals surface area (Å²) in [4.78, 5) is 0.420. The average molecular weight is 215 g/mol. The second-order valence-electron chi connectivity index (χ2n) is 2.34. The summed E-state index contributed by atoms with van der Waals surface area (Å²) in [6.07, 6.45) is 0. The van der Waals surface area contributed by atoms with Gasteiger partial charge in [0.05, 0.1) is 26.8 Å². The van der Waals surface area contributed by atoms with Crippen LogP contribution >= 0.6 is 11.6 Å². The maximum Gasteiger partial charge on any atom is 0.115 e. The lowest BCUT2D eigenvalue weighted by molar-refractivity contribution is 0.685. The molecule has 1 aromatic carbocycles. The van der Waals surface area contributed by atoms with Crippen molar-refractivity contribution in [1.29, 1.82) is 5.26 Å². The van der Waals surface area contributed by atoms with Crippen molar-refractivity contribution in [2.45, 2.75) is 4.90 Å². The number of hydrogen-bond donors (Lipinski definition) is 1. The molecule has 0 spiro atoms. The fourth-order valence-corrected chi connectivity index (χ4v) is 2.03. The van der Waals surface area contributed by atoms with E-state index in [9.17, 15) is 4.21 Å². The zero-order valence-corrected chi connectivity index (χ0v) is 8.23. The van der Waals surface area contributed by atoms with Crippen LogP contribution in [0.25, 0.3) is 0 Å². The van der Waals surface area contributed by atoms with Crippen LogP contribution in [0.2, 0.25) is 5.02 Å². The van der Waals surface area contributed by atoms with Crippen LogP contribution in [0, 0.1) is 11.3 Å². The van der Waals surface area contributed by atoms with Gasteiger partial charge in [-0.3, -0.25) is 4.21 Å². The topological polar surface area (TPSA) is 66.9 Å². The highest BCUT2D eigenvalue weighted by Gasteiger charge is 2.08. The minimum absolute atomic E-state index is 0.0663. The molecule has 0 bridgehead atoms. The number of nitrogens with two attached hydrogens (primary N) is 1. The highest BCUT2D eigenvalue weighted by atomic mass is 35.5. The highest BCUT2D eigenvalue weighted by molar-refractivity contribution is 7.85. The molecule has 1 atom stereocenters. The molecule has 0 aliphatic carbocycles. The van der Waals surface area contributed by atoms with Crippen molar-refractivity contribution < 1.29 is 4.21 Å². The highest BCUT2D eigenvalue weighted by Crippen LogP contribution is 2.22. The molecule has 0 aromatic heterocycles. The lowest BCUT2D eigenvalue weighted by Gasteiger charge is -2.01. The van der Waals surface area contributed by atoms with Crippen molar-refractivity contribution in [3.63, 3.8) is 0 Å². The summed E-state index contributed by atoms with van der Waals surface area (Å²) in [6, 6.07) is 6.53. The first-order valence-electron chi connectivity index (χ1n) is 3.45. The zero-order valence-electron chi connectivity index (χ0n) is 6.66. The summed E-state index contributed by atoms with van der Waals surface area (Å²) in [7, 11) is -1.38. The Morgan fingerprint density at radius 3 is 2.92 bits per heavy atom. The molecule has 1 unspecified atom stereocenters. The predicted octanol–water partition coefficient (Wildman–Crippen LogP) is 1.55. The number of hydrogen-bond acceptors (Lipinski definition) is 3. The number of nitrogens with zero attached hydrogens (tertiary/aromatic N) is 1. The van der Waals surface area contributed by atoms with E-state index in [0.29, 0.717) is 15.6 Å². The van der Waals surface area contributed by atoms with E-state index >= 15 is 0 Å². The Bertz CT molecular complexity index is 386. The number of anilines is 1.